The van der Waals surface area contributed by atoms with Crippen LogP contribution >= 0.6 is 0 Å². The van der Waals surface area contributed by atoms with Crippen LogP contribution in [-0.2, 0) is 0 Å². The first-order chi connectivity index (χ1) is 8.81. The van der Waals surface area contributed by atoms with Crippen LogP contribution in [0.1, 0.15) is 51.9 Å². The molecule has 0 amide bonds. The summed E-state index contributed by atoms with van der Waals surface area (Å²) < 4.78 is 0. The minimum absolute atomic E-state index is 0.730. The number of hydrogen-bond donors (Lipinski definition) is 1. The van der Waals surface area contributed by atoms with E-state index in [2.05, 4.69) is 49.3 Å². The average Bonchev–Trinajstić information content (AvgIpc) is 2.39. The first-order valence-corrected chi connectivity index (χ1v) is 6.75. The molecule has 1 nitrogen and oxygen atoms in total. The molecule has 0 unspecified atom stereocenters. The molecule has 0 radical (unpaired) electrons. The third kappa shape index (κ3) is 12.6. The van der Waals surface area contributed by atoms with Gasteiger partial charge in [-0.3, -0.25) is 0 Å². The Labute approximate surface area is 112 Å². The van der Waals surface area contributed by atoms with Crippen LogP contribution in [0.5, 0.6) is 0 Å². The minimum atomic E-state index is -0.766. The SMILES string of the molecule is C=C[C@H](O)C#CC#CC/C=C\CCCCCCC. The Kier molecular flexibility index (Phi) is 12.5. The summed E-state index contributed by atoms with van der Waals surface area (Å²) in [6.45, 7) is 5.66. The molecule has 18 heavy (non-hydrogen) atoms. The van der Waals surface area contributed by atoms with E-state index >= 15 is 0 Å². The monoisotopic (exact) mass is 244 g/mol. The van der Waals surface area contributed by atoms with E-state index in [1.54, 1.807) is 0 Å². The van der Waals surface area contributed by atoms with E-state index in [-0.39, 0.29) is 0 Å². The molecular weight excluding hydrogens is 220 g/mol. The lowest BCUT2D eigenvalue weighted by molar-refractivity contribution is 0.281. The van der Waals surface area contributed by atoms with E-state index in [0.717, 1.165) is 12.8 Å². The molecule has 0 heterocycles. The molecule has 0 fully saturated rings. The summed E-state index contributed by atoms with van der Waals surface area (Å²) in [5.41, 5.74) is 0. The molecule has 1 heteroatoms. The summed E-state index contributed by atoms with van der Waals surface area (Å²) in [6.07, 6.45) is 13.4. The molecule has 1 atom stereocenters. The lowest BCUT2D eigenvalue weighted by atomic mass is 10.1. The van der Waals surface area contributed by atoms with Gasteiger partial charge in [0.05, 0.1) is 0 Å². The molecule has 98 valence electrons. The summed E-state index contributed by atoms with van der Waals surface area (Å²) in [6, 6.07) is 0. The predicted octanol–water partition coefficient (Wildman–Crippen LogP) is 3.85. The first kappa shape index (κ1) is 16.6. The van der Waals surface area contributed by atoms with Crippen molar-refractivity contribution in [2.24, 2.45) is 0 Å². The first-order valence-electron chi connectivity index (χ1n) is 6.75. The summed E-state index contributed by atoms with van der Waals surface area (Å²) >= 11 is 0. The fourth-order valence-corrected chi connectivity index (χ4v) is 1.39. The Morgan fingerprint density at radius 3 is 2.61 bits per heavy atom. The Morgan fingerprint density at radius 1 is 1.11 bits per heavy atom. The van der Waals surface area contributed by atoms with Crippen molar-refractivity contribution in [1.29, 1.82) is 0 Å². The van der Waals surface area contributed by atoms with Crippen molar-refractivity contribution in [1.82, 2.24) is 0 Å². The highest BCUT2D eigenvalue weighted by Gasteiger charge is 1.86. The van der Waals surface area contributed by atoms with Gasteiger partial charge in [-0.2, -0.15) is 0 Å². The standard InChI is InChI=1S/C17H24O/c1-3-5-6-7-8-9-10-11-12-13-14-15-16-17(18)4-2/h4,10-11,17-18H,2-3,5-9,12H2,1H3/b11-10-/t17-/m0/s1. The van der Waals surface area contributed by atoms with Crippen LogP contribution in [0.2, 0.25) is 0 Å². The molecule has 0 bridgehead atoms. The second-order valence-corrected chi connectivity index (χ2v) is 4.13. The van der Waals surface area contributed by atoms with Crippen LogP contribution in [0.3, 0.4) is 0 Å². The smallest absolute Gasteiger partial charge is 0.134 e. The van der Waals surface area contributed by atoms with Gasteiger partial charge >= 0.3 is 0 Å². The van der Waals surface area contributed by atoms with Gasteiger partial charge in [-0.15, -0.1) is 0 Å². The number of rotatable bonds is 8. The van der Waals surface area contributed by atoms with Crippen molar-refractivity contribution in [2.45, 2.75) is 58.0 Å². The van der Waals surface area contributed by atoms with Crippen molar-refractivity contribution < 1.29 is 5.11 Å². The fraction of sp³-hybridized carbons (Fsp3) is 0.529. The Bertz CT molecular complexity index is 343. The summed E-state index contributed by atoms with van der Waals surface area (Å²) in [4.78, 5) is 0. The molecule has 0 saturated carbocycles. The highest BCUT2D eigenvalue weighted by molar-refractivity contribution is 5.29. The molecule has 0 aromatic heterocycles. The predicted molar refractivity (Wildman–Crippen MR) is 78.9 cm³/mol. The number of unbranched alkanes of at least 4 members (excludes halogenated alkanes) is 5. The molecule has 1 N–H and O–H groups in total. The normalized spacial score (nSPS) is 11.2. The highest BCUT2D eigenvalue weighted by Crippen LogP contribution is 2.05. The number of aliphatic hydroxyl groups is 1. The fourth-order valence-electron chi connectivity index (χ4n) is 1.39. The van der Waals surface area contributed by atoms with Gasteiger partial charge in [0, 0.05) is 6.42 Å². The van der Waals surface area contributed by atoms with Gasteiger partial charge in [0.2, 0.25) is 0 Å². The maximum absolute atomic E-state index is 9.05. The molecule has 0 saturated heterocycles. The summed E-state index contributed by atoms with van der Waals surface area (Å²) in [7, 11) is 0. The van der Waals surface area contributed by atoms with Crippen molar-refractivity contribution >= 4 is 0 Å². The molecule has 0 rings (SSSR count). The Hall–Kier alpha value is -1.44. The van der Waals surface area contributed by atoms with Gasteiger partial charge in [-0.05, 0) is 24.7 Å². The summed E-state index contributed by atoms with van der Waals surface area (Å²) in [5.74, 6) is 10.8. The van der Waals surface area contributed by atoms with E-state index in [1.165, 1.54) is 38.2 Å². The van der Waals surface area contributed by atoms with Gasteiger partial charge in [-0.1, -0.05) is 69.3 Å². The minimum Gasteiger partial charge on any atom is -0.377 e. The van der Waals surface area contributed by atoms with E-state index in [1.807, 2.05) is 0 Å². The largest absolute Gasteiger partial charge is 0.377 e. The van der Waals surface area contributed by atoms with E-state index in [4.69, 9.17) is 5.11 Å². The van der Waals surface area contributed by atoms with Crippen LogP contribution in [0.25, 0.3) is 0 Å². The molecule has 0 aliphatic rings. The third-order valence-corrected chi connectivity index (χ3v) is 2.46. The zero-order valence-corrected chi connectivity index (χ0v) is 11.4. The molecule has 0 aliphatic heterocycles. The molecule has 0 aromatic carbocycles. The average molecular weight is 244 g/mol. The number of hydrogen-bond acceptors (Lipinski definition) is 1. The van der Waals surface area contributed by atoms with Gasteiger partial charge in [0.15, 0.2) is 0 Å². The van der Waals surface area contributed by atoms with Crippen molar-refractivity contribution in [3.63, 3.8) is 0 Å². The third-order valence-electron chi connectivity index (χ3n) is 2.46. The van der Waals surface area contributed by atoms with E-state index in [0.29, 0.717) is 0 Å². The zero-order valence-electron chi connectivity index (χ0n) is 11.4. The second-order valence-electron chi connectivity index (χ2n) is 4.13. The van der Waals surface area contributed by atoms with Gasteiger partial charge in [-0.25, -0.2) is 0 Å². The molecule has 0 spiro atoms. The van der Waals surface area contributed by atoms with Crippen molar-refractivity contribution in [3.8, 4) is 23.7 Å². The zero-order chi connectivity index (χ0) is 13.5. The number of aliphatic hydroxyl groups excluding tert-OH is 1. The van der Waals surface area contributed by atoms with Crippen molar-refractivity contribution in [2.75, 3.05) is 0 Å². The van der Waals surface area contributed by atoms with Crippen LogP contribution < -0.4 is 0 Å². The highest BCUT2D eigenvalue weighted by atomic mass is 16.3. The number of allylic oxidation sites excluding steroid dienone is 2. The Morgan fingerprint density at radius 2 is 1.89 bits per heavy atom. The maximum atomic E-state index is 9.05. The lowest BCUT2D eigenvalue weighted by Gasteiger charge is -1.95. The maximum Gasteiger partial charge on any atom is 0.134 e. The van der Waals surface area contributed by atoms with Crippen molar-refractivity contribution in [3.05, 3.63) is 24.8 Å². The quantitative estimate of drug-likeness (QED) is 0.391. The van der Waals surface area contributed by atoms with E-state index < -0.39 is 6.10 Å². The summed E-state index contributed by atoms with van der Waals surface area (Å²) in [5, 5.41) is 9.05. The topological polar surface area (TPSA) is 20.2 Å². The van der Waals surface area contributed by atoms with Crippen LogP contribution in [0.4, 0.5) is 0 Å². The van der Waals surface area contributed by atoms with Crippen LogP contribution in [0.15, 0.2) is 24.8 Å². The Balaban J connectivity index is 3.50. The molecular formula is C17H24O. The van der Waals surface area contributed by atoms with Gasteiger partial charge in [0.25, 0.3) is 0 Å². The molecule has 0 aliphatic carbocycles. The van der Waals surface area contributed by atoms with Gasteiger partial charge in [0.1, 0.15) is 6.10 Å². The van der Waals surface area contributed by atoms with Crippen LogP contribution in [-0.4, -0.2) is 11.2 Å². The lowest BCUT2D eigenvalue weighted by Crippen LogP contribution is -1.94. The second kappa shape index (κ2) is 13.6. The van der Waals surface area contributed by atoms with Crippen LogP contribution in [0, 0.1) is 23.7 Å². The van der Waals surface area contributed by atoms with Gasteiger partial charge < -0.3 is 5.11 Å². The van der Waals surface area contributed by atoms with E-state index in [9.17, 15) is 0 Å². The molecule has 0 aromatic rings.